The zero-order valence-electron chi connectivity index (χ0n) is 7.09. The molecular weight excluding hydrogens is 175 g/mol. The molecule has 0 radical (unpaired) electrons. The van der Waals surface area contributed by atoms with E-state index in [1.807, 2.05) is 5.38 Å². The van der Waals surface area contributed by atoms with Gasteiger partial charge < -0.3 is 5.73 Å². The Kier molecular flexibility index (Phi) is 3.17. The standard InChI is InChI=1S/C8H13FN2S/c1-2-8(9,6-10)5-7-11-3-4-12-7/h3-4H,2,5-6,10H2,1H3. The molecule has 0 saturated carbocycles. The third kappa shape index (κ3) is 2.25. The van der Waals surface area contributed by atoms with Crippen molar-refractivity contribution in [2.75, 3.05) is 6.54 Å². The molecule has 1 unspecified atom stereocenters. The lowest BCUT2D eigenvalue weighted by molar-refractivity contribution is 0.167. The minimum Gasteiger partial charge on any atom is -0.328 e. The van der Waals surface area contributed by atoms with E-state index in [2.05, 4.69) is 4.98 Å². The smallest absolute Gasteiger partial charge is 0.129 e. The lowest BCUT2D eigenvalue weighted by Crippen LogP contribution is -2.34. The van der Waals surface area contributed by atoms with Gasteiger partial charge in [-0.1, -0.05) is 6.92 Å². The highest BCUT2D eigenvalue weighted by Gasteiger charge is 2.26. The summed E-state index contributed by atoms with van der Waals surface area (Å²) in [4.78, 5) is 4.02. The summed E-state index contributed by atoms with van der Waals surface area (Å²) < 4.78 is 13.7. The largest absolute Gasteiger partial charge is 0.328 e. The highest BCUT2D eigenvalue weighted by Crippen LogP contribution is 2.21. The number of hydrogen-bond donors (Lipinski definition) is 1. The van der Waals surface area contributed by atoms with Gasteiger partial charge in [-0.05, 0) is 6.42 Å². The van der Waals surface area contributed by atoms with Gasteiger partial charge >= 0.3 is 0 Å². The molecule has 0 aliphatic rings. The van der Waals surface area contributed by atoms with Gasteiger partial charge in [-0.2, -0.15) is 0 Å². The Labute approximate surface area is 75.6 Å². The third-order valence-electron chi connectivity index (χ3n) is 1.95. The molecule has 0 bridgehead atoms. The van der Waals surface area contributed by atoms with Crippen molar-refractivity contribution in [2.45, 2.75) is 25.4 Å². The Morgan fingerprint density at radius 2 is 2.50 bits per heavy atom. The highest BCUT2D eigenvalue weighted by molar-refractivity contribution is 7.09. The van der Waals surface area contributed by atoms with Gasteiger partial charge in [0.2, 0.25) is 0 Å². The maximum Gasteiger partial charge on any atom is 0.129 e. The van der Waals surface area contributed by atoms with Crippen molar-refractivity contribution in [1.29, 1.82) is 0 Å². The van der Waals surface area contributed by atoms with Crippen LogP contribution in [0.15, 0.2) is 11.6 Å². The number of nitrogens with two attached hydrogens (primary N) is 1. The molecule has 0 saturated heterocycles. The molecule has 0 aliphatic heterocycles. The van der Waals surface area contributed by atoms with Gasteiger partial charge in [0.1, 0.15) is 5.67 Å². The molecule has 4 heteroatoms. The molecule has 0 aromatic carbocycles. The molecule has 2 nitrogen and oxygen atoms in total. The average molecular weight is 188 g/mol. The highest BCUT2D eigenvalue weighted by atomic mass is 32.1. The number of hydrogen-bond acceptors (Lipinski definition) is 3. The zero-order chi connectivity index (χ0) is 9.03. The first-order chi connectivity index (χ1) is 5.70. The Morgan fingerprint density at radius 3 is 2.92 bits per heavy atom. The summed E-state index contributed by atoms with van der Waals surface area (Å²) in [6.07, 6.45) is 2.48. The Hall–Kier alpha value is -0.480. The number of rotatable bonds is 4. The van der Waals surface area contributed by atoms with Crippen LogP contribution in [0, 0.1) is 0 Å². The van der Waals surface area contributed by atoms with Crippen LogP contribution >= 0.6 is 11.3 Å². The van der Waals surface area contributed by atoms with Gasteiger partial charge in [0.15, 0.2) is 0 Å². The van der Waals surface area contributed by atoms with E-state index >= 15 is 0 Å². The van der Waals surface area contributed by atoms with Crippen molar-refractivity contribution in [2.24, 2.45) is 5.73 Å². The third-order valence-corrected chi connectivity index (χ3v) is 2.73. The SMILES string of the molecule is CCC(F)(CN)Cc1nccs1. The number of thiazole rings is 1. The van der Waals surface area contributed by atoms with Gasteiger partial charge in [0.05, 0.1) is 5.01 Å². The summed E-state index contributed by atoms with van der Waals surface area (Å²) in [7, 11) is 0. The molecule has 12 heavy (non-hydrogen) atoms. The summed E-state index contributed by atoms with van der Waals surface area (Å²) >= 11 is 1.47. The van der Waals surface area contributed by atoms with E-state index in [4.69, 9.17) is 5.73 Å². The normalized spacial score (nSPS) is 15.9. The number of aromatic nitrogens is 1. The quantitative estimate of drug-likeness (QED) is 0.782. The van der Waals surface area contributed by atoms with Crippen molar-refractivity contribution in [3.63, 3.8) is 0 Å². The van der Waals surface area contributed by atoms with Crippen molar-refractivity contribution in [1.82, 2.24) is 4.98 Å². The first-order valence-electron chi connectivity index (χ1n) is 3.97. The monoisotopic (exact) mass is 188 g/mol. The van der Waals surface area contributed by atoms with E-state index in [1.54, 1.807) is 13.1 Å². The van der Waals surface area contributed by atoms with Crippen LogP contribution in [0.3, 0.4) is 0 Å². The molecule has 0 aliphatic carbocycles. The lowest BCUT2D eigenvalue weighted by Gasteiger charge is -2.19. The molecule has 1 aromatic heterocycles. The summed E-state index contributed by atoms with van der Waals surface area (Å²) in [6.45, 7) is 1.88. The van der Waals surface area contributed by atoms with Crippen molar-refractivity contribution < 1.29 is 4.39 Å². The van der Waals surface area contributed by atoms with Crippen LogP contribution < -0.4 is 5.73 Å². The van der Waals surface area contributed by atoms with E-state index < -0.39 is 5.67 Å². The van der Waals surface area contributed by atoms with Crippen LogP contribution in [0.1, 0.15) is 18.4 Å². The predicted molar refractivity (Wildman–Crippen MR) is 49.0 cm³/mol. The molecule has 68 valence electrons. The van der Waals surface area contributed by atoms with E-state index in [-0.39, 0.29) is 6.54 Å². The molecule has 0 spiro atoms. The molecule has 1 atom stereocenters. The van der Waals surface area contributed by atoms with Crippen LogP contribution in [0.5, 0.6) is 0 Å². The Morgan fingerprint density at radius 1 is 1.75 bits per heavy atom. The van der Waals surface area contributed by atoms with E-state index in [1.165, 1.54) is 11.3 Å². The van der Waals surface area contributed by atoms with Crippen LogP contribution in [0.2, 0.25) is 0 Å². The second-order valence-corrected chi connectivity index (χ2v) is 3.79. The Balaban J connectivity index is 2.60. The molecule has 0 amide bonds. The minimum absolute atomic E-state index is 0.0725. The van der Waals surface area contributed by atoms with Gasteiger partial charge in [-0.3, -0.25) is 0 Å². The van der Waals surface area contributed by atoms with Gasteiger partial charge in [0.25, 0.3) is 0 Å². The topological polar surface area (TPSA) is 38.9 Å². The molecule has 1 heterocycles. The first-order valence-corrected chi connectivity index (χ1v) is 4.85. The summed E-state index contributed by atoms with van der Waals surface area (Å²) in [5.41, 5.74) is 4.07. The fourth-order valence-corrected chi connectivity index (χ4v) is 1.70. The number of alkyl halides is 1. The second kappa shape index (κ2) is 3.96. The maximum absolute atomic E-state index is 13.7. The summed E-state index contributed by atoms with van der Waals surface area (Å²) in [5, 5.41) is 2.67. The van der Waals surface area contributed by atoms with Crippen molar-refractivity contribution in [3.05, 3.63) is 16.6 Å². The average Bonchev–Trinajstić information content (AvgIpc) is 2.57. The minimum atomic E-state index is -1.27. The fourth-order valence-electron chi connectivity index (χ4n) is 0.953. The number of halogens is 1. The van der Waals surface area contributed by atoms with Gasteiger partial charge in [-0.25, -0.2) is 9.37 Å². The zero-order valence-corrected chi connectivity index (χ0v) is 7.90. The van der Waals surface area contributed by atoms with Crippen LogP contribution in [0.4, 0.5) is 4.39 Å². The molecule has 1 aromatic rings. The van der Waals surface area contributed by atoms with E-state index in [0.717, 1.165) is 5.01 Å². The van der Waals surface area contributed by atoms with Crippen LogP contribution in [-0.4, -0.2) is 17.2 Å². The van der Waals surface area contributed by atoms with Crippen molar-refractivity contribution >= 4 is 11.3 Å². The lowest BCUT2D eigenvalue weighted by atomic mass is 9.99. The van der Waals surface area contributed by atoms with Crippen LogP contribution in [0.25, 0.3) is 0 Å². The molecule has 1 rings (SSSR count). The van der Waals surface area contributed by atoms with Gasteiger partial charge in [-0.15, -0.1) is 11.3 Å². The first kappa shape index (κ1) is 9.61. The Bertz CT molecular complexity index is 219. The molecule has 0 fully saturated rings. The van der Waals surface area contributed by atoms with Crippen LogP contribution in [-0.2, 0) is 6.42 Å². The second-order valence-electron chi connectivity index (χ2n) is 2.81. The molecule has 2 N–H and O–H groups in total. The summed E-state index contributed by atoms with van der Waals surface area (Å²) in [6, 6.07) is 0. The fraction of sp³-hybridized carbons (Fsp3) is 0.625. The van der Waals surface area contributed by atoms with Crippen molar-refractivity contribution in [3.8, 4) is 0 Å². The molecular formula is C8H13FN2S. The van der Waals surface area contributed by atoms with E-state index in [9.17, 15) is 4.39 Å². The maximum atomic E-state index is 13.7. The summed E-state index contributed by atoms with van der Waals surface area (Å²) in [5.74, 6) is 0. The van der Waals surface area contributed by atoms with E-state index in [0.29, 0.717) is 12.8 Å². The van der Waals surface area contributed by atoms with Gasteiger partial charge in [0, 0.05) is 24.5 Å². The number of nitrogens with zero attached hydrogens (tertiary/aromatic N) is 1. The predicted octanol–water partition coefficient (Wildman–Crippen LogP) is 1.76.